The maximum atomic E-state index is 3.44. The Hall–Kier alpha value is 0.700. The first-order valence-electron chi connectivity index (χ1n) is 2.57. The van der Waals surface area contributed by atoms with Gasteiger partial charge in [-0.05, 0) is 12.8 Å². The molecule has 0 spiro atoms. The molecule has 0 radical (unpaired) electrons. The van der Waals surface area contributed by atoms with E-state index in [-0.39, 0.29) is 0 Å². The molecule has 0 aliphatic heterocycles. The van der Waals surface area contributed by atoms with Gasteiger partial charge < -0.3 is 0 Å². The highest BCUT2D eigenvalue weighted by Gasteiger charge is 1.99. The van der Waals surface area contributed by atoms with Crippen LogP contribution in [0.2, 0.25) is 0 Å². The van der Waals surface area contributed by atoms with Crippen LogP contribution in [0.3, 0.4) is 0 Å². The van der Waals surface area contributed by atoms with Gasteiger partial charge in [-0.3, -0.25) is 0 Å². The van der Waals surface area contributed by atoms with Crippen LogP contribution in [-0.2, 0) is 0 Å². The van der Waals surface area contributed by atoms with Crippen LogP contribution < -0.4 is 0 Å². The second kappa shape index (κ2) is 3.67. The van der Waals surface area contributed by atoms with Gasteiger partial charge >= 0.3 is 0 Å². The smallest absolute Gasteiger partial charge is 0.00744 e. The monoisotopic (exact) mass is 240 g/mol. The summed E-state index contributed by atoms with van der Waals surface area (Å²) in [5, 5.41) is 0. The summed E-state index contributed by atoms with van der Waals surface area (Å²) in [7, 11) is 0. The highest BCUT2D eigenvalue weighted by atomic mass is 79.9. The number of allylic oxidation sites excluding steroid dienone is 2. The molecule has 0 N–H and O–H groups in total. The molecule has 0 bridgehead atoms. The van der Waals surface area contributed by atoms with Crippen molar-refractivity contribution in [2.45, 2.75) is 20.8 Å². The van der Waals surface area contributed by atoms with E-state index in [1.54, 1.807) is 0 Å². The van der Waals surface area contributed by atoms with E-state index in [0.29, 0.717) is 5.92 Å². The van der Waals surface area contributed by atoms with Crippen LogP contribution >= 0.6 is 31.9 Å². The van der Waals surface area contributed by atoms with Crippen LogP contribution in [0.4, 0.5) is 0 Å². The molecule has 0 amide bonds. The van der Waals surface area contributed by atoms with Gasteiger partial charge in [-0.1, -0.05) is 45.7 Å². The van der Waals surface area contributed by atoms with E-state index in [2.05, 4.69) is 45.7 Å². The van der Waals surface area contributed by atoms with Gasteiger partial charge in [0.2, 0.25) is 0 Å². The first-order valence-corrected chi connectivity index (χ1v) is 4.16. The Morgan fingerprint density at radius 2 is 1.62 bits per heavy atom. The Morgan fingerprint density at radius 1 is 1.25 bits per heavy atom. The molecule has 0 heterocycles. The van der Waals surface area contributed by atoms with Crippen molar-refractivity contribution in [3.63, 3.8) is 0 Å². The normalized spacial score (nSPS) is 14.2. The topological polar surface area (TPSA) is 0 Å². The van der Waals surface area contributed by atoms with Gasteiger partial charge in [0.05, 0.1) is 0 Å². The van der Waals surface area contributed by atoms with Crippen molar-refractivity contribution in [2.24, 2.45) is 5.92 Å². The van der Waals surface area contributed by atoms with Crippen LogP contribution in [0.1, 0.15) is 20.8 Å². The van der Waals surface area contributed by atoms with Crippen molar-refractivity contribution >= 4 is 31.9 Å². The van der Waals surface area contributed by atoms with Crippen LogP contribution in [0.25, 0.3) is 0 Å². The molecule has 0 aliphatic rings. The molecular weight excluding hydrogens is 232 g/mol. The Bertz CT molecular complexity index is 99.1. The van der Waals surface area contributed by atoms with Gasteiger partial charge in [0.1, 0.15) is 0 Å². The second-order valence-electron chi connectivity index (χ2n) is 2.04. The lowest BCUT2D eigenvalue weighted by Gasteiger charge is -2.02. The standard InChI is InChI=1S/C6H10Br2/c1-4(2)6(8)5(3)7/h4H,1-3H3/b6-5-. The Labute approximate surface area is 67.6 Å². The van der Waals surface area contributed by atoms with Crippen molar-refractivity contribution in [2.75, 3.05) is 0 Å². The third-order valence-electron chi connectivity index (χ3n) is 0.836. The van der Waals surface area contributed by atoms with E-state index >= 15 is 0 Å². The first-order chi connectivity index (χ1) is 3.55. The minimum atomic E-state index is 0.592. The molecule has 0 aromatic carbocycles. The van der Waals surface area contributed by atoms with E-state index in [1.807, 2.05) is 6.92 Å². The van der Waals surface area contributed by atoms with Gasteiger partial charge in [-0.2, -0.15) is 0 Å². The van der Waals surface area contributed by atoms with E-state index in [9.17, 15) is 0 Å². The maximum absolute atomic E-state index is 3.44. The maximum Gasteiger partial charge on any atom is 0.00744 e. The molecule has 0 saturated carbocycles. The van der Waals surface area contributed by atoms with Crippen molar-refractivity contribution < 1.29 is 0 Å². The molecule has 0 aromatic heterocycles. The Kier molecular flexibility index (Phi) is 4.00. The van der Waals surface area contributed by atoms with E-state index in [0.717, 1.165) is 0 Å². The fraction of sp³-hybridized carbons (Fsp3) is 0.667. The van der Waals surface area contributed by atoms with E-state index < -0.39 is 0 Å². The summed E-state index contributed by atoms with van der Waals surface area (Å²) >= 11 is 6.81. The molecule has 0 saturated heterocycles. The Balaban J connectivity index is 4.00. The van der Waals surface area contributed by atoms with Crippen LogP contribution in [0.5, 0.6) is 0 Å². The van der Waals surface area contributed by atoms with Gasteiger partial charge in [-0.25, -0.2) is 0 Å². The summed E-state index contributed by atoms with van der Waals surface area (Å²) in [5.74, 6) is 0.592. The Morgan fingerprint density at radius 3 is 1.62 bits per heavy atom. The molecule has 0 aliphatic carbocycles. The SMILES string of the molecule is C/C(Br)=C(/Br)C(C)C. The molecular formula is C6H10Br2. The number of hydrogen-bond acceptors (Lipinski definition) is 0. The van der Waals surface area contributed by atoms with Gasteiger partial charge in [0.15, 0.2) is 0 Å². The average molecular weight is 242 g/mol. The molecule has 48 valence electrons. The molecule has 0 fully saturated rings. The number of rotatable bonds is 1. The van der Waals surface area contributed by atoms with Crippen molar-refractivity contribution in [3.05, 3.63) is 8.96 Å². The van der Waals surface area contributed by atoms with Gasteiger partial charge in [0, 0.05) is 8.96 Å². The van der Waals surface area contributed by atoms with Crippen LogP contribution in [0.15, 0.2) is 8.96 Å². The van der Waals surface area contributed by atoms with Crippen molar-refractivity contribution in [1.82, 2.24) is 0 Å². The van der Waals surface area contributed by atoms with E-state index in [4.69, 9.17) is 0 Å². The minimum Gasteiger partial charge on any atom is -0.0581 e. The van der Waals surface area contributed by atoms with Crippen molar-refractivity contribution in [3.8, 4) is 0 Å². The van der Waals surface area contributed by atoms with Gasteiger partial charge in [-0.15, -0.1) is 0 Å². The molecule has 0 atom stereocenters. The predicted molar refractivity (Wildman–Crippen MR) is 45.4 cm³/mol. The zero-order valence-electron chi connectivity index (χ0n) is 5.33. The minimum absolute atomic E-state index is 0.592. The average Bonchev–Trinajstić information content (AvgIpc) is 1.64. The summed E-state index contributed by atoms with van der Waals surface area (Å²) < 4.78 is 2.44. The summed E-state index contributed by atoms with van der Waals surface area (Å²) in [6.07, 6.45) is 0. The third-order valence-corrected chi connectivity index (χ3v) is 3.31. The summed E-state index contributed by atoms with van der Waals surface area (Å²) in [5.41, 5.74) is 0. The highest BCUT2D eigenvalue weighted by Crippen LogP contribution is 2.24. The van der Waals surface area contributed by atoms with Crippen LogP contribution in [-0.4, -0.2) is 0 Å². The molecule has 0 rings (SSSR count). The molecule has 0 unspecified atom stereocenters. The zero-order chi connectivity index (χ0) is 6.73. The summed E-state index contributed by atoms with van der Waals surface area (Å²) in [6, 6.07) is 0. The highest BCUT2D eigenvalue weighted by molar-refractivity contribution is 9.14. The third kappa shape index (κ3) is 2.88. The summed E-state index contributed by atoms with van der Waals surface area (Å²) in [4.78, 5) is 0. The molecule has 2 heteroatoms. The predicted octanol–water partition coefficient (Wildman–Crippen LogP) is 3.66. The van der Waals surface area contributed by atoms with Crippen LogP contribution in [0, 0.1) is 5.92 Å². The fourth-order valence-corrected chi connectivity index (χ4v) is 0.856. The van der Waals surface area contributed by atoms with Crippen molar-refractivity contribution in [1.29, 1.82) is 0 Å². The first kappa shape index (κ1) is 8.70. The lowest BCUT2D eigenvalue weighted by molar-refractivity contribution is 0.817. The molecule has 0 nitrogen and oxygen atoms in total. The van der Waals surface area contributed by atoms with Gasteiger partial charge in [0.25, 0.3) is 0 Å². The molecule has 0 aromatic rings. The lowest BCUT2D eigenvalue weighted by atomic mass is 10.2. The second-order valence-corrected chi connectivity index (χ2v) is 4.08. The lowest BCUT2D eigenvalue weighted by Crippen LogP contribution is -1.85. The number of halogens is 2. The fourth-order valence-electron chi connectivity index (χ4n) is 0.398. The summed E-state index contributed by atoms with van der Waals surface area (Å²) in [6.45, 7) is 6.33. The van der Waals surface area contributed by atoms with E-state index in [1.165, 1.54) is 8.96 Å². The number of hydrogen-bond donors (Lipinski definition) is 0. The molecule has 8 heavy (non-hydrogen) atoms. The quantitative estimate of drug-likeness (QED) is 0.658. The zero-order valence-corrected chi connectivity index (χ0v) is 8.51. The largest absolute Gasteiger partial charge is 0.0581 e.